The number of methoxy groups -OCH3 is 1. The van der Waals surface area contributed by atoms with Crippen LogP contribution in [-0.2, 0) is 15.1 Å². The number of hydrogen-bond acceptors (Lipinski definition) is 3. The quantitative estimate of drug-likeness (QED) is 0.864. The maximum Gasteiger partial charge on any atom is 0.330 e. The number of hydrogen-bond donors (Lipinski definition) is 1. The van der Waals surface area contributed by atoms with E-state index in [-0.39, 0.29) is 11.6 Å². The summed E-state index contributed by atoms with van der Waals surface area (Å²) in [7, 11) is 1.22. The molecule has 0 aromatic heterocycles. The molecule has 3 nitrogen and oxygen atoms in total. The lowest BCUT2D eigenvalue weighted by atomic mass is 9.89. The Morgan fingerprint density at radius 1 is 1.30 bits per heavy atom. The molecular weight excluding hydrogens is 264 g/mol. The summed E-state index contributed by atoms with van der Waals surface area (Å²) in [6, 6.07) is 3.64. The Bertz CT molecular complexity index is 480. The molecule has 1 saturated carbocycles. The summed E-state index contributed by atoms with van der Waals surface area (Å²) in [6.45, 7) is 1.47. The van der Waals surface area contributed by atoms with Gasteiger partial charge in [-0.15, -0.1) is 0 Å². The molecule has 0 amide bonds. The van der Waals surface area contributed by atoms with E-state index < -0.39 is 23.1 Å². The van der Waals surface area contributed by atoms with Gasteiger partial charge in [-0.2, -0.15) is 0 Å². The van der Waals surface area contributed by atoms with Crippen molar-refractivity contribution in [2.24, 2.45) is 0 Å². The highest BCUT2D eigenvalue weighted by Gasteiger charge is 2.42. The fourth-order valence-corrected chi connectivity index (χ4v) is 2.89. The number of nitrogens with one attached hydrogen (secondary N) is 1. The Hall–Kier alpha value is -1.49. The van der Waals surface area contributed by atoms with Gasteiger partial charge >= 0.3 is 5.97 Å². The van der Waals surface area contributed by atoms with Crippen molar-refractivity contribution in [1.29, 1.82) is 0 Å². The highest BCUT2D eigenvalue weighted by atomic mass is 19.1. The van der Waals surface area contributed by atoms with Crippen molar-refractivity contribution in [3.8, 4) is 0 Å². The molecule has 20 heavy (non-hydrogen) atoms. The fraction of sp³-hybridized carbons (Fsp3) is 0.533. The first-order valence-corrected chi connectivity index (χ1v) is 6.79. The van der Waals surface area contributed by atoms with E-state index in [0.29, 0.717) is 0 Å². The number of ether oxygens (including phenoxy) is 1. The molecule has 1 aliphatic carbocycles. The van der Waals surface area contributed by atoms with Crippen LogP contribution in [0.2, 0.25) is 0 Å². The van der Waals surface area contributed by atoms with Crippen LogP contribution in [0, 0.1) is 11.6 Å². The Balaban J connectivity index is 2.42. The van der Waals surface area contributed by atoms with Crippen LogP contribution in [0.3, 0.4) is 0 Å². The molecule has 1 unspecified atom stereocenters. The van der Waals surface area contributed by atoms with Gasteiger partial charge in [-0.1, -0.05) is 18.9 Å². The summed E-state index contributed by atoms with van der Waals surface area (Å²) in [5, 5.41) is 3.09. The van der Waals surface area contributed by atoms with Crippen LogP contribution < -0.4 is 5.32 Å². The van der Waals surface area contributed by atoms with Crippen molar-refractivity contribution in [2.75, 3.05) is 7.11 Å². The van der Waals surface area contributed by atoms with Crippen molar-refractivity contribution < 1.29 is 18.3 Å². The third-order valence-corrected chi connectivity index (χ3v) is 3.90. The van der Waals surface area contributed by atoms with Crippen molar-refractivity contribution in [3.05, 3.63) is 35.4 Å². The number of rotatable bonds is 4. The molecule has 0 spiro atoms. The Morgan fingerprint density at radius 2 is 1.85 bits per heavy atom. The Morgan fingerprint density at radius 3 is 2.35 bits per heavy atom. The van der Waals surface area contributed by atoms with Gasteiger partial charge in [0, 0.05) is 6.04 Å². The van der Waals surface area contributed by atoms with Crippen molar-refractivity contribution in [2.45, 2.75) is 44.2 Å². The fourth-order valence-electron chi connectivity index (χ4n) is 2.89. The summed E-state index contributed by atoms with van der Waals surface area (Å²) < 4.78 is 32.8. The lowest BCUT2D eigenvalue weighted by molar-refractivity contribution is -0.149. The minimum Gasteiger partial charge on any atom is -0.467 e. The predicted octanol–water partition coefficient (Wildman–Crippen LogP) is 2.89. The van der Waals surface area contributed by atoms with Gasteiger partial charge in [-0.3, -0.25) is 5.32 Å². The number of benzene rings is 1. The molecule has 0 bridgehead atoms. The van der Waals surface area contributed by atoms with Crippen LogP contribution in [0.25, 0.3) is 0 Å². The van der Waals surface area contributed by atoms with Gasteiger partial charge in [0.05, 0.1) is 12.7 Å². The van der Waals surface area contributed by atoms with Gasteiger partial charge in [0.15, 0.2) is 0 Å². The minimum atomic E-state index is -1.51. The lowest BCUT2D eigenvalue weighted by Crippen LogP contribution is -2.52. The number of esters is 1. The van der Waals surface area contributed by atoms with Gasteiger partial charge in [0.2, 0.25) is 0 Å². The molecule has 0 saturated heterocycles. The zero-order valence-electron chi connectivity index (χ0n) is 11.7. The van der Waals surface area contributed by atoms with Crippen LogP contribution in [0.5, 0.6) is 0 Å². The van der Waals surface area contributed by atoms with E-state index >= 15 is 0 Å². The zero-order valence-corrected chi connectivity index (χ0v) is 11.7. The molecule has 0 heterocycles. The van der Waals surface area contributed by atoms with E-state index in [1.807, 2.05) is 0 Å². The number of halogens is 2. The van der Waals surface area contributed by atoms with Crippen molar-refractivity contribution in [1.82, 2.24) is 5.32 Å². The first-order chi connectivity index (χ1) is 9.49. The number of carbonyl (C=O) groups excluding carboxylic acids is 1. The van der Waals surface area contributed by atoms with Crippen LogP contribution in [-0.4, -0.2) is 19.1 Å². The molecule has 1 aromatic rings. The van der Waals surface area contributed by atoms with E-state index in [1.54, 1.807) is 0 Å². The topological polar surface area (TPSA) is 38.3 Å². The SMILES string of the molecule is COC(=O)C(C)(NC1CCCC1)c1c(F)cccc1F. The molecule has 1 aromatic carbocycles. The molecule has 1 atom stereocenters. The maximum atomic E-state index is 14.0. The summed E-state index contributed by atoms with van der Waals surface area (Å²) >= 11 is 0. The summed E-state index contributed by atoms with van der Waals surface area (Å²) in [4.78, 5) is 12.1. The second-order valence-electron chi connectivity index (χ2n) is 5.34. The molecule has 5 heteroatoms. The average molecular weight is 283 g/mol. The third-order valence-electron chi connectivity index (χ3n) is 3.90. The highest BCUT2D eigenvalue weighted by molar-refractivity contribution is 5.82. The van der Waals surface area contributed by atoms with Crippen LogP contribution >= 0.6 is 0 Å². The average Bonchev–Trinajstić information content (AvgIpc) is 2.90. The summed E-state index contributed by atoms with van der Waals surface area (Å²) in [5.41, 5.74) is -1.79. The van der Waals surface area contributed by atoms with E-state index in [9.17, 15) is 13.6 Å². The molecule has 1 fully saturated rings. The molecule has 110 valence electrons. The lowest BCUT2D eigenvalue weighted by Gasteiger charge is -2.32. The van der Waals surface area contributed by atoms with Gasteiger partial charge < -0.3 is 4.74 Å². The largest absolute Gasteiger partial charge is 0.467 e. The first-order valence-electron chi connectivity index (χ1n) is 6.79. The highest BCUT2D eigenvalue weighted by Crippen LogP contribution is 2.31. The van der Waals surface area contributed by atoms with Crippen LogP contribution in [0.1, 0.15) is 38.2 Å². The Kier molecular flexibility index (Phi) is 4.38. The third kappa shape index (κ3) is 2.68. The number of carbonyl (C=O) groups is 1. The minimum absolute atomic E-state index is 0.0677. The van der Waals surface area contributed by atoms with E-state index in [0.717, 1.165) is 37.8 Å². The van der Waals surface area contributed by atoms with E-state index in [2.05, 4.69) is 5.32 Å². The smallest absolute Gasteiger partial charge is 0.330 e. The predicted molar refractivity (Wildman–Crippen MR) is 71.1 cm³/mol. The van der Waals surface area contributed by atoms with Crippen molar-refractivity contribution in [3.63, 3.8) is 0 Å². The molecular formula is C15H19F2NO2. The molecule has 1 aliphatic rings. The second-order valence-corrected chi connectivity index (χ2v) is 5.34. The first kappa shape index (κ1) is 14.9. The molecule has 1 N–H and O–H groups in total. The van der Waals surface area contributed by atoms with Gasteiger partial charge in [-0.05, 0) is 31.9 Å². The van der Waals surface area contributed by atoms with E-state index in [4.69, 9.17) is 4.74 Å². The normalized spacial score (nSPS) is 18.8. The van der Waals surface area contributed by atoms with Crippen molar-refractivity contribution >= 4 is 5.97 Å². The van der Waals surface area contributed by atoms with E-state index in [1.165, 1.54) is 20.1 Å². The Labute approximate surface area is 117 Å². The zero-order chi connectivity index (χ0) is 14.8. The summed E-state index contributed by atoms with van der Waals surface area (Å²) in [5.74, 6) is -2.18. The van der Waals surface area contributed by atoms with Gasteiger partial charge in [0.1, 0.15) is 17.2 Å². The maximum absolute atomic E-state index is 14.0. The second kappa shape index (κ2) is 5.87. The van der Waals surface area contributed by atoms with Gasteiger partial charge in [0.25, 0.3) is 0 Å². The molecule has 0 radical (unpaired) electrons. The monoisotopic (exact) mass is 283 g/mol. The molecule has 0 aliphatic heterocycles. The van der Waals surface area contributed by atoms with Gasteiger partial charge in [-0.25, -0.2) is 13.6 Å². The van der Waals surface area contributed by atoms with Crippen LogP contribution in [0.15, 0.2) is 18.2 Å². The van der Waals surface area contributed by atoms with Crippen LogP contribution in [0.4, 0.5) is 8.78 Å². The summed E-state index contributed by atoms with van der Waals surface area (Å²) in [6.07, 6.45) is 3.88. The molecule has 2 rings (SSSR count). The standard InChI is InChI=1S/C15H19F2NO2/c1-15(14(19)20-2,18-10-6-3-4-7-10)13-11(16)8-5-9-12(13)17/h5,8-10,18H,3-4,6-7H2,1-2H3.